The summed E-state index contributed by atoms with van der Waals surface area (Å²) < 4.78 is 37.4. The Balaban J connectivity index is 1.87. The Hall–Kier alpha value is -2.70. The topological polar surface area (TPSA) is 44.4 Å². The lowest BCUT2D eigenvalue weighted by Crippen LogP contribution is -2.21. The number of amides is 1. The summed E-state index contributed by atoms with van der Waals surface area (Å²) in [5.41, 5.74) is 1.38. The van der Waals surface area contributed by atoms with Crippen molar-refractivity contribution >= 4 is 23.0 Å². The Morgan fingerprint density at radius 3 is 2.00 bits per heavy atom. The molecule has 0 radical (unpaired) electrons. The third-order valence-electron chi connectivity index (χ3n) is 3.33. The number of halogens is 3. The first-order valence-electron chi connectivity index (χ1n) is 7.24. The van der Waals surface area contributed by atoms with Crippen LogP contribution in [-0.2, 0) is 11.0 Å². The molecule has 4 nitrogen and oxygen atoms in total. The molecule has 0 aromatic heterocycles. The number of benzene rings is 2. The van der Waals surface area contributed by atoms with E-state index in [1.165, 1.54) is 12.1 Å². The molecule has 0 bridgehead atoms. The molecule has 0 saturated heterocycles. The molecule has 0 spiro atoms. The van der Waals surface area contributed by atoms with Gasteiger partial charge in [-0.1, -0.05) is 0 Å². The number of carbonyl (C=O) groups is 1. The number of carbonyl (C=O) groups excluding carboxylic acids is 1. The molecule has 2 N–H and O–H groups in total. The van der Waals surface area contributed by atoms with Crippen molar-refractivity contribution in [3.05, 3.63) is 54.1 Å². The quantitative estimate of drug-likeness (QED) is 0.872. The van der Waals surface area contributed by atoms with Gasteiger partial charge in [-0.15, -0.1) is 0 Å². The lowest BCUT2D eigenvalue weighted by atomic mass is 10.2. The molecule has 0 aliphatic carbocycles. The van der Waals surface area contributed by atoms with Crippen molar-refractivity contribution in [3.63, 3.8) is 0 Å². The Kier molecular flexibility index (Phi) is 5.33. The predicted molar refractivity (Wildman–Crippen MR) is 89.3 cm³/mol. The van der Waals surface area contributed by atoms with E-state index in [0.29, 0.717) is 5.69 Å². The molecule has 1 amide bonds. The van der Waals surface area contributed by atoms with E-state index in [2.05, 4.69) is 10.6 Å². The van der Waals surface area contributed by atoms with Gasteiger partial charge in [0.25, 0.3) is 0 Å². The zero-order valence-electron chi connectivity index (χ0n) is 13.3. The molecule has 128 valence electrons. The fourth-order valence-electron chi connectivity index (χ4n) is 2.01. The van der Waals surface area contributed by atoms with E-state index in [0.717, 1.165) is 23.5 Å². The minimum absolute atomic E-state index is 0.0162. The minimum Gasteiger partial charge on any atom is -0.378 e. The summed E-state index contributed by atoms with van der Waals surface area (Å²) in [5, 5.41) is 5.50. The van der Waals surface area contributed by atoms with Crippen LogP contribution >= 0.6 is 0 Å². The highest BCUT2D eigenvalue weighted by atomic mass is 19.4. The monoisotopic (exact) mass is 337 g/mol. The summed E-state index contributed by atoms with van der Waals surface area (Å²) in [4.78, 5) is 13.8. The van der Waals surface area contributed by atoms with E-state index in [1.54, 1.807) is 0 Å². The zero-order valence-corrected chi connectivity index (χ0v) is 13.3. The van der Waals surface area contributed by atoms with Crippen LogP contribution in [0.3, 0.4) is 0 Å². The summed E-state index contributed by atoms with van der Waals surface area (Å²) in [6.45, 7) is 0.0162. The second-order valence-corrected chi connectivity index (χ2v) is 5.42. The van der Waals surface area contributed by atoms with Crippen LogP contribution in [0.15, 0.2) is 48.5 Å². The first-order valence-corrected chi connectivity index (χ1v) is 7.24. The maximum Gasteiger partial charge on any atom is 0.416 e. The average molecular weight is 337 g/mol. The third kappa shape index (κ3) is 4.91. The van der Waals surface area contributed by atoms with Crippen LogP contribution < -0.4 is 15.5 Å². The van der Waals surface area contributed by atoms with Gasteiger partial charge < -0.3 is 15.5 Å². The van der Waals surface area contributed by atoms with Crippen molar-refractivity contribution in [1.82, 2.24) is 0 Å². The van der Waals surface area contributed by atoms with Gasteiger partial charge in [0.05, 0.1) is 12.1 Å². The molecule has 0 fully saturated rings. The van der Waals surface area contributed by atoms with Crippen molar-refractivity contribution in [3.8, 4) is 0 Å². The number of rotatable bonds is 5. The molecule has 0 saturated carbocycles. The maximum absolute atomic E-state index is 12.5. The van der Waals surface area contributed by atoms with Gasteiger partial charge in [-0.05, 0) is 48.5 Å². The second kappa shape index (κ2) is 7.25. The lowest BCUT2D eigenvalue weighted by molar-refractivity contribution is -0.137. The number of nitrogens with zero attached hydrogens (tertiary/aromatic N) is 1. The van der Waals surface area contributed by atoms with Crippen LogP contribution in [0.2, 0.25) is 0 Å². The van der Waals surface area contributed by atoms with E-state index in [1.807, 2.05) is 43.3 Å². The molecule has 0 atom stereocenters. The molecule has 24 heavy (non-hydrogen) atoms. The highest BCUT2D eigenvalue weighted by Gasteiger charge is 2.29. The summed E-state index contributed by atoms with van der Waals surface area (Å²) in [7, 11) is 3.86. The highest BCUT2D eigenvalue weighted by molar-refractivity contribution is 5.93. The third-order valence-corrected chi connectivity index (χ3v) is 3.33. The number of anilines is 3. The lowest BCUT2D eigenvalue weighted by Gasteiger charge is -2.13. The SMILES string of the molecule is CN(C)c1ccc(NCC(=O)Nc2ccc(C(F)(F)F)cc2)cc1. The molecule has 0 unspecified atom stereocenters. The molecular formula is C17H18F3N3O. The molecule has 2 aromatic carbocycles. The summed E-state index contributed by atoms with van der Waals surface area (Å²) in [5.74, 6) is -0.341. The van der Waals surface area contributed by atoms with Gasteiger partial charge in [0, 0.05) is 31.2 Å². The number of hydrogen-bond donors (Lipinski definition) is 2. The highest BCUT2D eigenvalue weighted by Crippen LogP contribution is 2.29. The first-order chi connectivity index (χ1) is 11.3. The van der Waals surface area contributed by atoms with Gasteiger partial charge in [-0.25, -0.2) is 0 Å². The fourth-order valence-corrected chi connectivity index (χ4v) is 2.01. The Morgan fingerprint density at radius 2 is 1.50 bits per heavy atom. The Bertz CT molecular complexity index is 680. The van der Waals surface area contributed by atoms with Crippen LogP contribution in [-0.4, -0.2) is 26.5 Å². The number of nitrogens with one attached hydrogen (secondary N) is 2. The molecule has 2 aromatic rings. The predicted octanol–water partition coefficient (Wildman–Crippen LogP) is 3.82. The Morgan fingerprint density at radius 1 is 0.958 bits per heavy atom. The van der Waals surface area contributed by atoms with E-state index in [9.17, 15) is 18.0 Å². The second-order valence-electron chi connectivity index (χ2n) is 5.42. The Labute approximate surface area is 138 Å². The first kappa shape index (κ1) is 17.7. The van der Waals surface area contributed by atoms with Gasteiger partial charge in [0.15, 0.2) is 0 Å². The summed E-state index contributed by atoms with van der Waals surface area (Å²) >= 11 is 0. The van der Waals surface area contributed by atoms with E-state index in [-0.39, 0.29) is 12.5 Å². The van der Waals surface area contributed by atoms with Gasteiger partial charge in [0.2, 0.25) is 5.91 Å². The molecular weight excluding hydrogens is 319 g/mol. The molecule has 0 heterocycles. The van der Waals surface area contributed by atoms with Crippen LogP contribution in [0.5, 0.6) is 0 Å². The largest absolute Gasteiger partial charge is 0.416 e. The summed E-state index contributed by atoms with van der Waals surface area (Å²) in [6, 6.07) is 11.8. The van der Waals surface area contributed by atoms with Crippen LogP contribution in [0.25, 0.3) is 0 Å². The van der Waals surface area contributed by atoms with E-state index < -0.39 is 11.7 Å². The zero-order chi connectivity index (χ0) is 17.7. The molecule has 2 rings (SSSR count). The van der Waals surface area contributed by atoms with Gasteiger partial charge in [0.1, 0.15) is 0 Å². The smallest absolute Gasteiger partial charge is 0.378 e. The molecule has 7 heteroatoms. The maximum atomic E-state index is 12.5. The van der Waals surface area contributed by atoms with Gasteiger partial charge in [-0.2, -0.15) is 13.2 Å². The standard InChI is InChI=1S/C17H18F3N3O/c1-23(2)15-9-7-13(8-10-15)21-11-16(24)22-14-5-3-12(4-6-14)17(18,19)20/h3-10,21H,11H2,1-2H3,(H,22,24). The van der Waals surface area contributed by atoms with Crippen molar-refractivity contribution in [1.29, 1.82) is 0 Å². The van der Waals surface area contributed by atoms with Crippen molar-refractivity contribution in [2.45, 2.75) is 6.18 Å². The minimum atomic E-state index is -4.39. The summed E-state index contributed by atoms with van der Waals surface area (Å²) in [6.07, 6.45) is -4.39. The van der Waals surface area contributed by atoms with Crippen LogP contribution in [0, 0.1) is 0 Å². The van der Waals surface area contributed by atoms with Crippen molar-refractivity contribution in [2.75, 3.05) is 36.2 Å². The normalized spacial score (nSPS) is 11.0. The van der Waals surface area contributed by atoms with E-state index >= 15 is 0 Å². The number of alkyl halides is 3. The van der Waals surface area contributed by atoms with Gasteiger partial charge >= 0.3 is 6.18 Å². The van der Waals surface area contributed by atoms with E-state index in [4.69, 9.17) is 0 Å². The van der Waals surface area contributed by atoms with Crippen molar-refractivity contribution in [2.24, 2.45) is 0 Å². The fraction of sp³-hybridized carbons (Fsp3) is 0.235. The average Bonchev–Trinajstić information content (AvgIpc) is 2.53. The number of hydrogen-bond acceptors (Lipinski definition) is 3. The van der Waals surface area contributed by atoms with Crippen molar-refractivity contribution < 1.29 is 18.0 Å². The van der Waals surface area contributed by atoms with Crippen LogP contribution in [0.1, 0.15) is 5.56 Å². The van der Waals surface area contributed by atoms with Crippen LogP contribution in [0.4, 0.5) is 30.2 Å². The molecule has 0 aliphatic heterocycles. The van der Waals surface area contributed by atoms with Gasteiger partial charge in [-0.3, -0.25) is 4.79 Å². The molecule has 0 aliphatic rings.